The van der Waals surface area contributed by atoms with Crippen LogP contribution in [-0.4, -0.2) is 19.3 Å². The highest BCUT2D eigenvalue weighted by Gasteiger charge is 2.39. The first-order valence-corrected chi connectivity index (χ1v) is 7.94. The van der Waals surface area contributed by atoms with Gasteiger partial charge in [0.2, 0.25) is 0 Å². The van der Waals surface area contributed by atoms with Crippen LogP contribution in [0.15, 0.2) is 15.2 Å². The van der Waals surface area contributed by atoms with Crippen LogP contribution in [-0.2, 0) is 4.74 Å². The van der Waals surface area contributed by atoms with E-state index in [2.05, 4.69) is 38.9 Å². The van der Waals surface area contributed by atoms with Crippen LogP contribution in [0.5, 0.6) is 0 Å². The van der Waals surface area contributed by atoms with E-state index in [4.69, 9.17) is 4.74 Å². The highest BCUT2D eigenvalue weighted by atomic mass is 79.9. The van der Waals surface area contributed by atoms with E-state index in [1.165, 1.54) is 29.3 Å². The topological polar surface area (TPSA) is 21.3 Å². The molecule has 1 unspecified atom stereocenters. The van der Waals surface area contributed by atoms with Crippen LogP contribution in [0.25, 0.3) is 0 Å². The molecule has 4 heteroatoms. The number of halogens is 1. The molecule has 2 rings (SSSR count). The Morgan fingerprint density at radius 2 is 2.29 bits per heavy atom. The Bertz CT molecular complexity index is 357. The lowest BCUT2D eigenvalue weighted by molar-refractivity contribution is -0.0837. The Morgan fingerprint density at radius 1 is 1.53 bits per heavy atom. The third-order valence-electron chi connectivity index (χ3n) is 3.74. The van der Waals surface area contributed by atoms with E-state index in [1.54, 1.807) is 11.3 Å². The second-order valence-electron chi connectivity index (χ2n) is 4.73. The van der Waals surface area contributed by atoms with Crippen molar-refractivity contribution in [3.63, 3.8) is 0 Å². The minimum atomic E-state index is 0.119. The molecule has 1 fully saturated rings. The Balaban J connectivity index is 2.10. The average Bonchev–Trinajstić information content (AvgIpc) is 2.68. The van der Waals surface area contributed by atoms with Gasteiger partial charge in [0.05, 0.1) is 5.60 Å². The van der Waals surface area contributed by atoms with Crippen LogP contribution in [0, 0.1) is 0 Å². The van der Waals surface area contributed by atoms with E-state index < -0.39 is 0 Å². The van der Waals surface area contributed by atoms with Gasteiger partial charge in [-0.15, -0.1) is 0 Å². The molecule has 0 radical (unpaired) electrons. The lowest BCUT2D eigenvalue weighted by Gasteiger charge is -2.43. The Hall–Kier alpha value is 0.100. The average molecular weight is 318 g/mol. The second kappa shape index (κ2) is 5.83. The van der Waals surface area contributed by atoms with Crippen molar-refractivity contribution < 1.29 is 4.74 Å². The van der Waals surface area contributed by atoms with Crippen molar-refractivity contribution in [3.05, 3.63) is 20.8 Å². The standard InChI is InChI=1S/C13H20BrNOS/c1-3-15-12(10-8-17-9-11(10)14)7-13(16-2)5-4-6-13/h8-9,12,15H,3-7H2,1-2H3. The molecule has 96 valence electrons. The summed E-state index contributed by atoms with van der Waals surface area (Å²) in [5, 5.41) is 7.97. The Kier molecular flexibility index (Phi) is 4.64. The maximum atomic E-state index is 5.74. The third-order valence-corrected chi connectivity index (χ3v) is 5.49. The molecule has 1 aliphatic carbocycles. The number of hydrogen-bond donors (Lipinski definition) is 1. The van der Waals surface area contributed by atoms with Gasteiger partial charge in [0.1, 0.15) is 0 Å². The second-order valence-corrected chi connectivity index (χ2v) is 6.33. The van der Waals surface area contributed by atoms with Gasteiger partial charge in [-0.1, -0.05) is 6.92 Å². The predicted octanol–water partition coefficient (Wildman–Crippen LogP) is 4.12. The Labute approximate surface area is 116 Å². The molecule has 0 aromatic carbocycles. The first-order valence-electron chi connectivity index (χ1n) is 6.21. The van der Waals surface area contributed by atoms with Crippen molar-refractivity contribution in [2.45, 2.75) is 44.2 Å². The van der Waals surface area contributed by atoms with Gasteiger partial charge in [-0.05, 0) is 59.1 Å². The van der Waals surface area contributed by atoms with Gasteiger partial charge < -0.3 is 10.1 Å². The molecule has 2 nitrogen and oxygen atoms in total. The zero-order valence-corrected chi connectivity index (χ0v) is 12.9. The monoisotopic (exact) mass is 317 g/mol. The Morgan fingerprint density at radius 3 is 2.71 bits per heavy atom. The van der Waals surface area contributed by atoms with Crippen LogP contribution in [0.2, 0.25) is 0 Å². The van der Waals surface area contributed by atoms with Crippen LogP contribution in [0.4, 0.5) is 0 Å². The molecule has 1 saturated carbocycles. The summed E-state index contributed by atoms with van der Waals surface area (Å²) in [6.07, 6.45) is 4.78. The van der Waals surface area contributed by atoms with E-state index in [-0.39, 0.29) is 5.60 Å². The fourth-order valence-electron chi connectivity index (χ4n) is 2.51. The highest BCUT2D eigenvalue weighted by Crippen LogP contribution is 2.43. The van der Waals surface area contributed by atoms with E-state index >= 15 is 0 Å². The van der Waals surface area contributed by atoms with Gasteiger partial charge in [0.25, 0.3) is 0 Å². The minimum Gasteiger partial charge on any atom is -0.378 e. The van der Waals surface area contributed by atoms with Crippen LogP contribution >= 0.6 is 27.3 Å². The molecule has 1 atom stereocenters. The molecule has 1 N–H and O–H groups in total. The maximum absolute atomic E-state index is 5.74. The normalized spacial score (nSPS) is 19.9. The van der Waals surface area contributed by atoms with Crippen molar-refractivity contribution >= 4 is 27.3 Å². The van der Waals surface area contributed by atoms with Gasteiger partial charge in [0, 0.05) is 23.0 Å². The third kappa shape index (κ3) is 2.92. The van der Waals surface area contributed by atoms with Gasteiger partial charge in [-0.2, -0.15) is 11.3 Å². The fraction of sp³-hybridized carbons (Fsp3) is 0.692. The van der Waals surface area contributed by atoms with Crippen molar-refractivity contribution in [1.82, 2.24) is 5.32 Å². The molecular formula is C13H20BrNOS. The van der Waals surface area contributed by atoms with Gasteiger partial charge >= 0.3 is 0 Å². The molecular weight excluding hydrogens is 298 g/mol. The van der Waals surface area contributed by atoms with Gasteiger partial charge in [-0.25, -0.2) is 0 Å². The highest BCUT2D eigenvalue weighted by molar-refractivity contribution is 9.10. The maximum Gasteiger partial charge on any atom is 0.0697 e. The number of thiophene rings is 1. The molecule has 1 aromatic heterocycles. The van der Waals surface area contributed by atoms with Crippen LogP contribution < -0.4 is 5.32 Å². The number of rotatable bonds is 6. The van der Waals surface area contributed by atoms with E-state index in [0.717, 1.165) is 13.0 Å². The van der Waals surface area contributed by atoms with Crippen molar-refractivity contribution in [1.29, 1.82) is 0 Å². The summed E-state index contributed by atoms with van der Waals surface area (Å²) in [4.78, 5) is 0. The zero-order valence-electron chi connectivity index (χ0n) is 10.5. The first kappa shape index (κ1) is 13.5. The lowest BCUT2D eigenvalue weighted by atomic mass is 9.75. The van der Waals surface area contributed by atoms with Gasteiger partial charge in [-0.3, -0.25) is 0 Å². The summed E-state index contributed by atoms with van der Waals surface area (Å²) in [6.45, 7) is 3.15. The van der Waals surface area contributed by atoms with Crippen molar-refractivity contribution in [2.75, 3.05) is 13.7 Å². The summed E-state index contributed by atoms with van der Waals surface area (Å²) in [7, 11) is 1.85. The molecule has 17 heavy (non-hydrogen) atoms. The quantitative estimate of drug-likeness (QED) is 0.852. The molecule has 0 spiro atoms. The molecule has 0 aliphatic heterocycles. The number of methoxy groups -OCH3 is 1. The summed E-state index contributed by atoms with van der Waals surface area (Å²) >= 11 is 5.39. The zero-order chi connectivity index (χ0) is 12.3. The molecule has 0 saturated heterocycles. The number of nitrogens with one attached hydrogen (secondary N) is 1. The van der Waals surface area contributed by atoms with Crippen molar-refractivity contribution in [3.8, 4) is 0 Å². The van der Waals surface area contributed by atoms with E-state index in [1.807, 2.05) is 7.11 Å². The molecule has 0 bridgehead atoms. The SMILES string of the molecule is CCNC(CC1(OC)CCC1)c1cscc1Br. The summed E-state index contributed by atoms with van der Waals surface area (Å²) in [5.41, 5.74) is 1.49. The summed E-state index contributed by atoms with van der Waals surface area (Å²) < 4.78 is 6.96. The minimum absolute atomic E-state index is 0.119. The summed E-state index contributed by atoms with van der Waals surface area (Å²) in [6, 6.07) is 0.404. The lowest BCUT2D eigenvalue weighted by Crippen LogP contribution is -2.42. The smallest absolute Gasteiger partial charge is 0.0697 e. The largest absolute Gasteiger partial charge is 0.378 e. The van der Waals surface area contributed by atoms with Crippen molar-refractivity contribution in [2.24, 2.45) is 0 Å². The van der Waals surface area contributed by atoms with Gasteiger partial charge in [0.15, 0.2) is 0 Å². The summed E-state index contributed by atoms with van der Waals surface area (Å²) in [5.74, 6) is 0. The fourth-order valence-corrected chi connectivity index (χ4v) is 4.14. The molecule has 1 aliphatic rings. The number of hydrogen-bond acceptors (Lipinski definition) is 3. The predicted molar refractivity (Wildman–Crippen MR) is 76.6 cm³/mol. The number of ether oxygens (including phenoxy) is 1. The first-order chi connectivity index (χ1) is 8.21. The molecule has 1 aromatic rings. The van der Waals surface area contributed by atoms with E-state index in [9.17, 15) is 0 Å². The van der Waals surface area contributed by atoms with E-state index in [0.29, 0.717) is 6.04 Å². The van der Waals surface area contributed by atoms with Crippen LogP contribution in [0.3, 0.4) is 0 Å². The van der Waals surface area contributed by atoms with Crippen LogP contribution in [0.1, 0.15) is 44.2 Å². The molecule has 1 heterocycles. The molecule has 0 amide bonds.